The Bertz CT molecular complexity index is 275. The van der Waals surface area contributed by atoms with E-state index < -0.39 is 0 Å². The van der Waals surface area contributed by atoms with Crippen molar-refractivity contribution in [3.63, 3.8) is 0 Å². The highest BCUT2D eigenvalue weighted by atomic mass is 16.5. The number of hydrogen-bond acceptors (Lipinski definition) is 5. The van der Waals surface area contributed by atoms with Crippen LogP contribution in [0.25, 0.3) is 0 Å². The van der Waals surface area contributed by atoms with E-state index in [9.17, 15) is 0 Å². The van der Waals surface area contributed by atoms with Crippen LogP contribution >= 0.6 is 0 Å². The summed E-state index contributed by atoms with van der Waals surface area (Å²) in [5.74, 6) is 0.684. The van der Waals surface area contributed by atoms with Gasteiger partial charge in [0.2, 0.25) is 17.7 Å². The molecular weight excluding hydrogens is 158 g/mol. The molecule has 0 aliphatic rings. The summed E-state index contributed by atoms with van der Waals surface area (Å²) in [6, 6.07) is 1.35. The maximum Gasteiger partial charge on any atom is 0.231 e. The molecule has 1 aromatic heterocycles. The number of methoxy groups -OCH3 is 1. The van der Waals surface area contributed by atoms with E-state index >= 15 is 0 Å². The van der Waals surface area contributed by atoms with Crippen LogP contribution in [0.3, 0.4) is 0 Å². The Morgan fingerprint density at radius 1 is 1.42 bits per heavy atom. The van der Waals surface area contributed by atoms with E-state index in [1.807, 2.05) is 0 Å². The Kier molecular flexibility index (Phi) is 2.32. The summed E-state index contributed by atoms with van der Waals surface area (Å²) in [5, 5.41) is 9.12. The second kappa shape index (κ2) is 3.25. The molecule has 1 rings (SSSR count). The highest BCUT2D eigenvalue weighted by molar-refractivity contribution is 5.34. The normalized spacial score (nSPS) is 9.58. The van der Waals surface area contributed by atoms with Gasteiger partial charge in [-0.05, 0) is 0 Å². The van der Waals surface area contributed by atoms with Crippen molar-refractivity contribution < 1.29 is 9.84 Å². The molecule has 0 aliphatic carbocycles. The van der Waals surface area contributed by atoms with Crippen LogP contribution < -0.4 is 9.64 Å². The molecule has 0 radical (unpaired) electrons. The van der Waals surface area contributed by atoms with E-state index in [0.717, 1.165) is 0 Å². The van der Waals surface area contributed by atoms with Gasteiger partial charge in [0.15, 0.2) is 0 Å². The maximum atomic E-state index is 9.12. The smallest absolute Gasteiger partial charge is 0.231 e. The molecule has 0 aromatic carbocycles. The van der Waals surface area contributed by atoms with Gasteiger partial charge >= 0.3 is 0 Å². The summed E-state index contributed by atoms with van der Waals surface area (Å²) in [6.45, 7) is 0. The predicted molar refractivity (Wildman–Crippen MR) is 44.6 cm³/mol. The highest BCUT2D eigenvalue weighted by Gasteiger charge is 2.04. The quantitative estimate of drug-likeness (QED) is 0.688. The van der Waals surface area contributed by atoms with Crippen LogP contribution in [0, 0.1) is 0 Å². The van der Waals surface area contributed by atoms with Crippen LogP contribution in [0.1, 0.15) is 0 Å². The van der Waals surface area contributed by atoms with Crippen molar-refractivity contribution in [3.8, 4) is 11.8 Å². The number of hydrogen-bond donors (Lipinski definition) is 1. The average molecular weight is 169 g/mol. The van der Waals surface area contributed by atoms with Crippen molar-refractivity contribution in [2.24, 2.45) is 0 Å². The number of anilines is 1. The van der Waals surface area contributed by atoms with Gasteiger partial charge in [0, 0.05) is 14.1 Å². The maximum absolute atomic E-state index is 9.12. The van der Waals surface area contributed by atoms with Gasteiger partial charge in [-0.2, -0.15) is 9.97 Å². The predicted octanol–water partition coefficient (Wildman–Crippen LogP) is 0.257. The van der Waals surface area contributed by atoms with Gasteiger partial charge in [-0.1, -0.05) is 0 Å². The van der Waals surface area contributed by atoms with Crippen LogP contribution in [-0.4, -0.2) is 36.3 Å². The van der Waals surface area contributed by atoms with Crippen molar-refractivity contribution in [2.45, 2.75) is 0 Å². The van der Waals surface area contributed by atoms with Gasteiger partial charge in [0.1, 0.15) is 0 Å². The molecule has 1 aromatic rings. The lowest BCUT2D eigenvalue weighted by atomic mass is 10.6. The molecule has 1 heterocycles. The van der Waals surface area contributed by atoms with Crippen LogP contribution in [0.15, 0.2) is 6.07 Å². The molecule has 0 spiro atoms. The van der Waals surface area contributed by atoms with E-state index in [1.165, 1.54) is 13.2 Å². The Morgan fingerprint density at radius 2 is 2.08 bits per heavy atom. The lowest BCUT2D eigenvalue weighted by molar-refractivity contribution is 0.386. The van der Waals surface area contributed by atoms with E-state index in [1.54, 1.807) is 19.0 Å². The zero-order valence-corrected chi connectivity index (χ0v) is 7.27. The number of nitrogens with zero attached hydrogens (tertiary/aromatic N) is 3. The fourth-order valence-electron chi connectivity index (χ4n) is 0.706. The Hall–Kier alpha value is -1.52. The fourth-order valence-corrected chi connectivity index (χ4v) is 0.706. The zero-order chi connectivity index (χ0) is 9.14. The van der Waals surface area contributed by atoms with Crippen LogP contribution in [0.5, 0.6) is 11.8 Å². The summed E-state index contributed by atoms with van der Waals surface area (Å²) in [4.78, 5) is 9.44. The topological polar surface area (TPSA) is 58.5 Å². The summed E-state index contributed by atoms with van der Waals surface area (Å²) >= 11 is 0. The second-order valence-corrected chi connectivity index (χ2v) is 2.46. The molecule has 12 heavy (non-hydrogen) atoms. The second-order valence-electron chi connectivity index (χ2n) is 2.46. The largest absolute Gasteiger partial charge is 0.493 e. The van der Waals surface area contributed by atoms with Crippen molar-refractivity contribution >= 4 is 5.95 Å². The van der Waals surface area contributed by atoms with Gasteiger partial charge in [-0.25, -0.2) is 0 Å². The van der Waals surface area contributed by atoms with Gasteiger partial charge in [-0.15, -0.1) is 0 Å². The minimum atomic E-state index is -0.0921. The fraction of sp³-hybridized carbons (Fsp3) is 0.429. The molecule has 66 valence electrons. The van der Waals surface area contributed by atoms with Gasteiger partial charge in [-0.3, -0.25) is 0 Å². The molecule has 0 amide bonds. The van der Waals surface area contributed by atoms with E-state index in [0.29, 0.717) is 11.8 Å². The zero-order valence-electron chi connectivity index (χ0n) is 7.27. The van der Waals surface area contributed by atoms with Crippen molar-refractivity contribution in [1.29, 1.82) is 0 Å². The van der Waals surface area contributed by atoms with Crippen LogP contribution in [0.2, 0.25) is 0 Å². The molecule has 0 saturated carbocycles. The summed E-state index contributed by atoms with van der Waals surface area (Å²) in [7, 11) is 5.06. The van der Waals surface area contributed by atoms with Gasteiger partial charge < -0.3 is 14.7 Å². The Morgan fingerprint density at radius 3 is 2.58 bits per heavy atom. The van der Waals surface area contributed by atoms with E-state index in [2.05, 4.69) is 9.97 Å². The van der Waals surface area contributed by atoms with E-state index in [4.69, 9.17) is 9.84 Å². The summed E-state index contributed by atoms with van der Waals surface area (Å²) in [6.07, 6.45) is 0. The molecule has 0 aliphatic heterocycles. The molecule has 0 atom stereocenters. The Labute approximate surface area is 70.6 Å². The first-order chi connectivity index (χ1) is 5.63. The average Bonchev–Trinajstić information content (AvgIpc) is 2.03. The third-order valence-corrected chi connectivity index (χ3v) is 1.29. The lowest BCUT2D eigenvalue weighted by Crippen LogP contribution is -2.12. The molecule has 0 bridgehead atoms. The molecule has 0 fully saturated rings. The standard InChI is InChI=1S/C7H11N3O2/c1-10(2)7-8-5(11)4-6(9-7)12-3/h4H,1-3H3,(H,8,9,11). The first-order valence-electron chi connectivity index (χ1n) is 3.43. The third kappa shape index (κ3) is 1.75. The van der Waals surface area contributed by atoms with Gasteiger partial charge in [0.05, 0.1) is 13.2 Å². The van der Waals surface area contributed by atoms with Crippen molar-refractivity contribution in [1.82, 2.24) is 9.97 Å². The number of ether oxygens (including phenoxy) is 1. The van der Waals surface area contributed by atoms with Gasteiger partial charge in [0.25, 0.3) is 0 Å². The minimum Gasteiger partial charge on any atom is -0.493 e. The molecular formula is C7H11N3O2. The molecule has 1 N–H and O–H groups in total. The third-order valence-electron chi connectivity index (χ3n) is 1.29. The molecule has 0 saturated heterocycles. The van der Waals surface area contributed by atoms with Crippen LogP contribution in [-0.2, 0) is 0 Å². The minimum absolute atomic E-state index is 0.0921. The lowest BCUT2D eigenvalue weighted by Gasteiger charge is -2.10. The van der Waals surface area contributed by atoms with E-state index in [-0.39, 0.29) is 5.88 Å². The molecule has 5 nitrogen and oxygen atoms in total. The Balaban J connectivity index is 3.06. The monoisotopic (exact) mass is 169 g/mol. The summed E-state index contributed by atoms with van der Waals surface area (Å²) in [5.41, 5.74) is 0. The SMILES string of the molecule is COc1cc(O)nc(N(C)C)n1. The molecule has 0 unspecified atom stereocenters. The number of aromatic hydroxyl groups is 1. The highest BCUT2D eigenvalue weighted by Crippen LogP contribution is 2.17. The number of rotatable bonds is 2. The number of aromatic nitrogens is 2. The molecule has 5 heteroatoms. The summed E-state index contributed by atoms with van der Waals surface area (Å²) < 4.78 is 4.85. The van der Waals surface area contributed by atoms with Crippen molar-refractivity contribution in [3.05, 3.63) is 6.07 Å². The van der Waals surface area contributed by atoms with Crippen molar-refractivity contribution in [2.75, 3.05) is 26.1 Å². The first kappa shape index (κ1) is 8.58. The first-order valence-corrected chi connectivity index (χ1v) is 3.43. The van der Waals surface area contributed by atoms with Crippen LogP contribution in [0.4, 0.5) is 5.95 Å².